The molecule has 1 fully saturated rings. The molecule has 1 aliphatic heterocycles. The number of nitrogens with one attached hydrogen (secondary N) is 1. The summed E-state index contributed by atoms with van der Waals surface area (Å²) in [5.74, 6) is 0.540. The number of piperidine rings is 1. The number of hydrogen-bond donors (Lipinski definition) is 2. The molecule has 1 amide bonds. The Morgan fingerprint density at radius 3 is 2.60 bits per heavy atom. The van der Waals surface area contributed by atoms with Gasteiger partial charge in [0.1, 0.15) is 5.75 Å². The van der Waals surface area contributed by atoms with Gasteiger partial charge in [0.15, 0.2) is 0 Å². The molecule has 0 aromatic heterocycles. The third-order valence-corrected chi connectivity index (χ3v) is 3.93. The molecule has 1 aromatic rings. The van der Waals surface area contributed by atoms with Crippen LogP contribution in [-0.4, -0.2) is 41.6 Å². The Bertz CT molecular complexity index is 454. The van der Waals surface area contributed by atoms with Crippen LogP contribution in [-0.2, 0) is 0 Å². The molecule has 0 atom stereocenters. The Kier molecular flexibility index (Phi) is 5.01. The van der Waals surface area contributed by atoms with Crippen molar-refractivity contribution in [1.29, 1.82) is 0 Å². The lowest BCUT2D eigenvalue weighted by Crippen LogP contribution is -2.43. The maximum atomic E-state index is 12.6. The van der Waals surface area contributed by atoms with Crippen molar-refractivity contribution in [1.82, 2.24) is 10.2 Å². The summed E-state index contributed by atoms with van der Waals surface area (Å²) in [6.45, 7) is 6.88. The fraction of sp³-hybridized carbons (Fsp3) is 0.562. The predicted molar refractivity (Wildman–Crippen MR) is 79.9 cm³/mol. The fourth-order valence-corrected chi connectivity index (χ4v) is 2.68. The minimum atomic E-state index is -0.0726. The number of carbonyl (C=O) groups excluding carboxylic acids is 1. The molecule has 1 saturated heterocycles. The molecule has 4 nitrogen and oxygen atoms in total. The Morgan fingerprint density at radius 2 is 2.00 bits per heavy atom. The van der Waals surface area contributed by atoms with E-state index >= 15 is 0 Å². The van der Waals surface area contributed by atoms with Crippen molar-refractivity contribution in [2.75, 3.05) is 19.6 Å². The number of para-hydroxylation sites is 1. The van der Waals surface area contributed by atoms with Crippen LogP contribution in [0.1, 0.15) is 37.0 Å². The van der Waals surface area contributed by atoms with Gasteiger partial charge in [0.05, 0.1) is 5.56 Å². The number of amides is 1. The van der Waals surface area contributed by atoms with E-state index < -0.39 is 0 Å². The lowest BCUT2D eigenvalue weighted by molar-refractivity contribution is 0.0655. The molecule has 0 unspecified atom stereocenters. The lowest BCUT2D eigenvalue weighted by Gasteiger charge is -2.33. The van der Waals surface area contributed by atoms with Crippen molar-refractivity contribution < 1.29 is 9.90 Å². The first-order chi connectivity index (χ1) is 9.59. The SMILES string of the molecule is CC(C)N(CC1CCNCC1)C(=O)c1ccccc1O. The summed E-state index contributed by atoms with van der Waals surface area (Å²) >= 11 is 0. The van der Waals surface area contributed by atoms with Crippen LogP contribution in [0.2, 0.25) is 0 Å². The summed E-state index contributed by atoms with van der Waals surface area (Å²) in [5.41, 5.74) is 0.398. The van der Waals surface area contributed by atoms with Gasteiger partial charge < -0.3 is 15.3 Å². The van der Waals surface area contributed by atoms with Crippen molar-refractivity contribution in [3.05, 3.63) is 29.8 Å². The van der Waals surface area contributed by atoms with Gasteiger partial charge in [-0.1, -0.05) is 12.1 Å². The molecule has 0 saturated carbocycles. The zero-order chi connectivity index (χ0) is 14.5. The van der Waals surface area contributed by atoms with Crippen LogP contribution in [0, 0.1) is 5.92 Å². The molecule has 2 rings (SSSR count). The molecular formula is C16H24N2O2. The Hall–Kier alpha value is -1.55. The van der Waals surface area contributed by atoms with Crippen molar-refractivity contribution in [3.8, 4) is 5.75 Å². The predicted octanol–water partition coefficient (Wildman–Crippen LogP) is 2.24. The smallest absolute Gasteiger partial charge is 0.257 e. The van der Waals surface area contributed by atoms with Gasteiger partial charge in [-0.15, -0.1) is 0 Å². The number of rotatable bonds is 4. The summed E-state index contributed by atoms with van der Waals surface area (Å²) in [6.07, 6.45) is 2.22. The van der Waals surface area contributed by atoms with Gasteiger partial charge >= 0.3 is 0 Å². The van der Waals surface area contributed by atoms with Crippen LogP contribution in [0.15, 0.2) is 24.3 Å². The van der Waals surface area contributed by atoms with Crippen LogP contribution >= 0.6 is 0 Å². The van der Waals surface area contributed by atoms with Crippen LogP contribution < -0.4 is 5.32 Å². The van der Waals surface area contributed by atoms with Crippen molar-refractivity contribution in [2.45, 2.75) is 32.7 Å². The first-order valence-corrected chi connectivity index (χ1v) is 7.39. The highest BCUT2D eigenvalue weighted by atomic mass is 16.3. The quantitative estimate of drug-likeness (QED) is 0.887. The molecule has 0 radical (unpaired) electrons. The van der Waals surface area contributed by atoms with E-state index in [9.17, 15) is 9.90 Å². The van der Waals surface area contributed by atoms with Crippen molar-refractivity contribution in [2.24, 2.45) is 5.92 Å². The Morgan fingerprint density at radius 1 is 1.35 bits per heavy atom. The minimum Gasteiger partial charge on any atom is -0.507 e. The van der Waals surface area contributed by atoms with E-state index in [-0.39, 0.29) is 17.7 Å². The molecule has 0 aliphatic carbocycles. The highest BCUT2D eigenvalue weighted by Gasteiger charge is 2.25. The molecule has 0 spiro atoms. The van der Waals surface area contributed by atoms with E-state index in [0.29, 0.717) is 11.5 Å². The van der Waals surface area contributed by atoms with E-state index in [1.165, 1.54) is 0 Å². The van der Waals surface area contributed by atoms with Gasteiger partial charge in [-0.05, 0) is 57.8 Å². The van der Waals surface area contributed by atoms with Crippen LogP contribution in [0.25, 0.3) is 0 Å². The second kappa shape index (κ2) is 6.75. The molecular weight excluding hydrogens is 252 g/mol. The number of phenolic OH excluding ortho intramolecular Hbond substituents is 1. The van der Waals surface area contributed by atoms with Crippen LogP contribution in [0.3, 0.4) is 0 Å². The van der Waals surface area contributed by atoms with E-state index in [1.807, 2.05) is 18.7 Å². The Labute approximate surface area is 120 Å². The zero-order valence-electron chi connectivity index (χ0n) is 12.3. The number of aromatic hydroxyl groups is 1. The van der Waals surface area contributed by atoms with Crippen molar-refractivity contribution >= 4 is 5.91 Å². The maximum Gasteiger partial charge on any atom is 0.257 e. The summed E-state index contributed by atoms with van der Waals surface area (Å²) in [5, 5.41) is 13.2. The average molecular weight is 276 g/mol. The summed E-state index contributed by atoms with van der Waals surface area (Å²) in [4.78, 5) is 14.5. The molecule has 20 heavy (non-hydrogen) atoms. The number of phenols is 1. The monoisotopic (exact) mass is 276 g/mol. The molecule has 1 aliphatic rings. The molecule has 4 heteroatoms. The van der Waals surface area contributed by atoms with Crippen molar-refractivity contribution in [3.63, 3.8) is 0 Å². The molecule has 110 valence electrons. The van der Waals surface area contributed by atoms with E-state index in [1.54, 1.807) is 24.3 Å². The largest absolute Gasteiger partial charge is 0.507 e. The van der Waals surface area contributed by atoms with Gasteiger partial charge in [-0.3, -0.25) is 4.79 Å². The number of benzene rings is 1. The Balaban J connectivity index is 2.11. The first kappa shape index (κ1) is 14.9. The minimum absolute atomic E-state index is 0.0634. The molecule has 0 bridgehead atoms. The zero-order valence-corrected chi connectivity index (χ0v) is 12.3. The average Bonchev–Trinajstić information content (AvgIpc) is 2.45. The maximum absolute atomic E-state index is 12.6. The van der Waals surface area contributed by atoms with E-state index in [0.717, 1.165) is 32.5 Å². The molecule has 1 aromatic carbocycles. The van der Waals surface area contributed by atoms with Crippen LogP contribution in [0.4, 0.5) is 0 Å². The highest BCUT2D eigenvalue weighted by Crippen LogP contribution is 2.22. The topological polar surface area (TPSA) is 52.6 Å². The van der Waals surface area contributed by atoms with E-state index in [4.69, 9.17) is 0 Å². The lowest BCUT2D eigenvalue weighted by atomic mass is 9.96. The fourth-order valence-electron chi connectivity index (χ4n) is 2.68. The third-order valence-electron chi connectivity index (χ3n) is 3.93. The third kappa shape index (κ3) is 3.51. The van der Waals surface area contributed by atoms with Gasteiger partial charge in [0, 0.05) is 12.6 Å². The van der Waals surface area contributed by atoms with E-state index in [2.05, 4.69) is 5.32 Å². The molecule has 2 N–H and O–H groups in total. The second-order valence-electron chi connectivity index (χ2n) is 5.76. The summed E-state index contributed by atoms with van der Waals surface area (Å²) in [6, 6.07) is 6.91. The molecule has 1 heterocycles. The van der Waals surface area contributed by atoms with Gasteiger partial charge in [0.2, 0.25) is 0 Å². The van der Waals surface area contributed by atoms with Gasteiger partial charge in [-0.25, -0.2) is 0 Å². The number of hydrogen-bond acceptors (Lipinski definition) is 3. The van der Waals surface area contributed by atoms with Gasteiger partial charge in [-0.2, -0.15) is 0 Å². The van der Waals surface area contributed by atoms with Gasteiger partial charge in [0.25, 0.3) is 5.91 Å². The van der Waals surface area contributed by atoms with Crippen LogP contribution in [0.5, 0.6) is 5.75 Å². The normalized spacial score (nSPS) is 16.4. The first-order valence-electron chi connectivity index (χ1n) is 7.39. The number of nitrogens with zero attached hydrogens (tertiary/aromatic N) is 1. The summed E-state index contributed by atoms with van der Waals surface area (Å²) in [7, 11) is 0. The second-order valence-corrected chi connectivity index (χ2v) is 5.76. The summed E-state index contributed by atoms with van der Waals surface area (Å²) < 4.78 is 0. The number of carbonyl (C=O) groups is 1. The standard InChI is InChI=1S/C16H24N2O2/c1-12(2)18(11-13-7-9-17-10-8-13)16(20)14-5-3-4-6-15(14)19/h3-6,12-13,17,19H,7-11H2,1-2H3. The highest BCUT2D eigenvalue weighted by molar-refractivity contribution is 5.96.